The zero-order chi connectivity index (χ0) is 10.7. The molecule has 2 aromatic rings. The van der Waals surface area contributed by atoms with Gasteiger partial charge >= 0.3 is 5.69 Å². The Morgan fingerprint density at radius 3 is 2.67 bits per heavy atom. The van der Waals surface area contributed by atoms with E-state index in [-0.39, 0.29) is 0 Å². The quantitative estimate of drug-likeness (QED) is 0.696. The highest BCUT2D eigenvalue weighted by molar-refractivity contribution is 5.60. The van der Waals surface area contributed by atoms with Crippen LogP contribution in [0.15, 0.2) is 30.6 Å². The Bertz CT molecular complexity index is 500. The molecule has 0 aliphatic rings. The molecule has 15 heavy (non-hydrogen) atoms. The lowest BCUT2D eigenvalue weighted by Crippen LogP contribution is -1.98. The van der Waals surface area contributed by atoms with Crippen LogP contribution in [0.4, 0.5) is 5.69 Å². The van der Waals surface area contributed by atoms with Gasteiger partial charge in [-0.05, 0) is 6.07 Å². The molecule has 74 valence electrons. The smallest absolute Gasteiger partial charge is 0.426 e. The minimum atomic E-state index is 0.369. The van der Waals surface area contributed by atoms with Gasteiger partial charge in [0.2, 0.25) is 11.1 Å². The van der Waals surface area contributed by atoms with Crippen LogP contribution in [-0.2, 0) is 0 Å². The molecule has 6 nitrogen and oxygen atoms in total. The molecule has 0 aliphatic carbocycles. The van der Waals surface area contributed by atoms with Crippen molar-refractivity contribution in [3.05, 3.63) is 35.6 Å². The molecule has 1 aromatic carbocycles. The molecule has 0 spiro atoms. The molecular formula is C9H8N5O+. The van der Waals surface area contributed by atoms with Gasteiger partial charge in [0.25, 0.3) is 0 Å². The lowest BCUT2D eigenvalue weighted by atomic mass is 10.2. The maximum Gasteiger partial charge on any atom is 0.426 e. The Morgan fingerprint density at radius 1 is 1.33 bits per heavy atom. The van der Waals surface area contributed by atoms with E-state index >= 15 is 0 Å². The first-order chi connectivity index (χ1) is 7.35. The molecule has 6 heteroatoms. The first-order valence-electron chi connectivity index (χ1n) is 4.25. The second kappa shape index (κ2) is 3.75. The lowest BCUT2D eigenvalue weighted by Gasteiger charge is -2.00. The number of nitrogens with zero attached hydrogens (tertiary/aromatic N) is 5. The van der Waals surface area contributed by atoms with Crippen molar-refractivity contribution in [3.63, 3.8) is 0 Å². The first-order valence-corrected chi connectivity index (χ1v) is 4.25. The van der Waals surface area contributed by atoms with Gasteiger partial charge in [0, 0.05) is 12.1 Å². The summed E-state index contributed by atoms with van der Waals surface area (Å²) in [4.78, 5) is 4.54. The molecule has 0 saturated heterocycles. The van der Waals surface area contributed by atoms with Crippen LogP contribution in [0.1, 0.15) is 0 Å². The third kappa shape index (κ3) is 1.62. The van der Waals surface area contributed by atoms with Gasteiger partial charge in [0.15, 0.2) is 4.98 Å². The lowest BCUT2D eigenvalue weighted by molar-refractivity contribution is 0.417. The summed E-state index contributed by atoms with van der Waals surface area (Å²) in [5.41, 5.74) is 1.11. The summed E-state index contributed by atoms with van der Waals surface area (Å²) >= 11 is 0. The van der Waals surface area contributed by atoms with Crippen molar-refractivity contribution < 1.29 is 4.74 Å². The molecular weight excluding hydrogens is 194 g/mol. The molecule has 0 N–H and O–H groups in total. The second-order valence-corrected chi connectivity index (χ2v) is 2.77. The van der Waals surface area contributed by atoms with Gasteiger partial charge in [-0.3, -0.25) is 0 Å². The Labute approximate surface area is 85.7 Å². The van der Waals surface area contributed by atoms with Crippen LogP contribution in [-0.4, -0.2) is 22.1 Å². The SMILES string of the molecule is COc1cc(-n2nccn2)ccc1[N+]#N. The normalized spacial score (nSPS) is 9.60. The Morgan fingerprint density at radius 2 is 2.07 bits per heavy atom. The molecule has 0 radical (unpaired) electrons. The Kier molecular flexibility index (Phi) is 2.29. The topological polar surface area (TPSA) is 68.1 Å². The fourth-order valence-corrected chi connectivity index (χ4v) is 1.22. The van der Waals surface area contributed by atoms with Gasteiger partial charge in [0.1, 0.15) is 0 Å². The van der Waals surface area contributed by atoms with Crippen molar-refractivity contribution in [1.82, 2.24) is 15.0 Å². The average molecular weight is 202 g/mol. The van der Waals surface area contributed by atoms with Crippen LogP contribution >= 0.6 is 0 Å². The average Bonchev–Trinajstić information content (AvgIpc) is 2.81. The molecule has 0 unspecified atom stereocenters. The highest BCUT2D eigenvalue weighted by Gasteiger charge is 2.15. The van der Waals surface area contributed by atoms with E-state index in [1.165, 1.54) is 11.9 Å². The maximum absolute atomic E-state index is 8.68. The molecule has 0 fully saturated rings. The van der Waals surface area contributed by atoms with Gasteiger partial charge in [-0.25, -0.2) is 0 Å². The standard InChI is InChI=1S/C9H8N5O/c1-15-9-6-7(2-3-8(9)13-10)14-11-4-5-12-14/h2-6H,1H3/q+1. The van der Waals surface area contributed by atoms with E-state index in [2.05, 4.69) is 15.2 Å². The Hall–Kier alpha value is -2.42. The number of rotatable bonds is 2. The first kappa shape index (κ1) is 9.15. The molecule has 0 saturated carbocycles. The summed E-state index contributed by atoms with van der Waals surface area (Å²) in [7, 11) is 1.50. The molecule has 0 atom stereocenters. The van der Waals surface area contributed by atoms with E-state index in [0.29, 0.717) is 11.4 Å². The monoisotopic (exact) mass is 202 g/mol. The minimum absolute atomic E-state index is 0.369. The van der Waals surface area contributed by atoms with E-state index in [1.807, 2.05) is 0 Å². The summed E-state index contributed by atoms with van der Waals surface area (Å²) < 4.78 is 5.05. The number of methoxy groups -OCH3 is 1. The van der Waals surface area contributed by atoms with Crippen LogP contribution in [0.25, 0.3) is 10.7 Å². The van der Waals surface area contributed by atoms with Gasteiger partial charge in [-0.15, -0.1) is 0 Å². The van der Waals surface area contributed by atoms with Gasteiger partial charge in [-0.2, -0.15) is 15.0 Å². The van der Waals surface area contributed by atoms with Gasteiger partial charge in [0.05, 0.1) is 25.2 Å². The maximum atomic E-state index is 8.68. The summed E-state index contributed by atoms with van der Waals surface area (Å²) in [6, 6.07) is 5.05. The van der Waals surface area contributed by atoms with Crippen LogP contribution in [0.5, 0.6) is 5.75 Å². The zero-order valence-corrected chi connectivity index (χ0v) is 8.03. The number of benzene rings is 1. The van der Waals surface area contributed by atoms with Crippen LogP contribution < -0.4 is 4.74 Å². The highest BCUT2D eigenvalue weighted by atomic mass is 16.5. The van der Waals surface area contributed by atoms with Crippen molar-refractivity contribution in [1.29, 1.82) is 5.39 Å². The molecule has 0 aliphatic heterocycles. The summed E-state index contributed by atoms with van der Waals surface area (Å²) in [6.45, 7) is 0. The molecule has 1 aromatic heterocycles. The summed E-state index contributed by atoms with van der Waals surface area (Å²) in [6.07, 6.45) is 3.16. The van der Waals surface area contributed by atoms with E-state index in [0.717, 1.165) is 5.69 Å². The number of diazo groups is 1. The van der Waals surface area contributed by atoms with E-state index in [4.69, 9.17) is 10.1 Å². The third-order valence-corrected chi connectivity index (χ3v) is 1.92. The zero-order valence-electron chi connectivity index (χ0n) is 8.03. The van der Waals surface area contributed by atoms with Crippen LogP contribution in [0, 0.1) is 5.39 Å². The fraction of sp³-hybridized carbons (Fsp3) is 0.111. The number of aromatic nitrogens is 3. The number of ether oxygens (including phenoxy) is 1. The molecule has 1 heterocycles. The van der Waals surface area contributed by atoms with Crippen molar-refractivity contribution in [2.45, 2.75) is 0 Å². The van der Waals surface area contributed by atoms with E-state index < -0.39 is 0 Å². The minimum Gasteiger partial charge on any atom is -0.489 e. The van der Waals surface area contributed by atoms with Crippen LogP contribution in [0.2, 0.25) is 0 Å². The summed E-state index contributed by atoms with van der Waals surface area (Å²) in [5, 5.41) is 16.6. The molecule has 0 amide bonds. The Balaban J connectivity index is 2.49. The van der Waals surface area contributed by atoms with E-state index in [1.54, 1.807) is 30.6 Å². The van der Waals surface area contributed by atoms with Crippen molar-refractivity contribution >= 4 is 5.69 Å². The molecule has 0 bridgehead atoms. The summed E-state index contributed by atoms with van der Waals surface area (Å²) in [5.74, 6) is 0.465. The van der Waals surface area contributed by atoms with Crippen molar-refractivity contribution in [2.24, 2.45) is 0 Å². The van der Waals surface area contributed by atoms with Crippen LogP contribution in [0.3, 0.4) is 0 Å². The highest BCUT2D eigenvalue weighted by Crippen LogP contribution is 2.28. The molecule has 2 rings (SSSR count). The second-order valence-electron chi connectivity index (χ2n) is 2.77. The fourth-order valence-electron chi connectivity index (χ4n) is 1.22. The number of hydrogen-bond donors (Lipinski definition) is 0. The largest absolute Gasteiger partial charge is 0.489 e. The van der Waals surface area contributed by atoms with Gasteiger partial charge < -0.3 is 4.74 Å². The van der Waals surface area contributed by atoms with Crippen molar-refractivity contribution in [3.8, 4) is 11.4 Å². The van der Waals surface area contributed by atoms with Crippen molar-refractivity contribution in [2.75, 3.05) is 7.11 Å². The predicted octanol–water partition coefficient (Wildman–Crippen LogP) is 1.76. The predicted molar refractivity (Wildman–Crippen MR) is 52.7 cm³/mol. The third-order valence-electron chi connectivity index (χ3n) is 1.92. The van der Waals surface area contributed by atoms with Gasteiger partial charge in [-0.1, -0.05) is 0 Å². The van der Waals surface area contributed by atoms with E-state index in [9.17, 15) is 0 Å². The number of hydrogen-bond acceptors (Lipinski definition) is 4.